The molecule has 0 spiro atoms. The van der Waals surface area contributed by atoms with Gasteiger partial charge >= 0.3 is 0 Å². The first-order valence-electron chi connectivity index (χ1n) is 7.18. The van der Waals surface area contributed by atoms with Crippen LogP contribution in [0.2, 0.25) is 0 Å². The molecule has 0 bridgehead atoms. The lowest BCUT2D eigenvalue weighted by Crippen LogP contribution is -2.41. The summed E-state index contributed by atoms with van der Waals surface area (Å²) in [5.74, 6) is 1.13. The van der Waals surface area contributed by atoms with Crippen molar-refractivity contribution in [3.05, 3.63) is 53.1 Å². The van der Waals surface area contributed by atoms with Gasteiger partial charge in [-0.3, -0.25) is 5.01 Å². The fourth-order valence-electron chi connectivity index (χ4n) is 2.07. The molecule has 0 aliphatic carbocycles. The molecule has 0 fully saturated rings. The molecule has 2 rings (SSSR count). The maximum atomic E-state index is 10.6. The number of methoxy groups -OCH3 is 2. The Kier molecular flexibility index (Phi) is 6.35. The van der Waals surface area contributed by atoms with Gasteiger partial charge in [0.1, 0.15) is 12.4 Å². The molecule has 126 valence electrons. The minimum Gasteiger partial charge on any atom is -0.481 e. The Morgan fingerprint density at radius 3 is 2.46 bits per heavy atom. The molecular formula is C16H19N5O3. The van der Waals surface area contributed by atoms with Gasteiger partial charge in [-0.1, -0.05) is 0 Å². The predicted molar refractivity (Wildman–Crippen MR) is 92.6 cm³/mol. The highest BCUT2D eigenvalue weighted by Crippen LogP contribution is 2.19. The topological polar surface area (TPSA) is 88.4 Å². The van der Waals surface area contributed by atoms with Gasteiger partial charge < -0.3 is 9.47 Å². The Labute approximate surface area is 140 Å². The summed E-state index contributed by atoms with van der Waals surface area (Å²) in [6, 6.07) is 10.4. The summed E-state index contributed by atoms with van der Waals surface area (Å²) in [5, 5.41) is 4.67. The fraction of sp³-hybridized carbons (Fsp3) is 0.250. The summed E-state index contributed by atoms with van der Waals surface area (Å²) in [4.78, 5) is 19.2. The van der Waals surface area contributed by atoms with Crippen LogP contribution in [-0.2, 0) is 4.74 Å². The van der Waals surface area contributed by atoms with E-state index in [1.165, 1.54) is 0 Å². The number of hydrazine groups is 1. The lowest BCUT2D eigenvalue weighted by atomic mass is 10.1. The highest BCUT2D eigenvalue weighted by molar-refractivity contribution is 6.09. The van der Waals surface area contributed by atoms with Gasteiger partial charge in [-0.15, -0.1) is 4.91 Å². The highest BCUT2D eigenvalue weighted by atomic mass is 16.5. The Balaban J connectivity index is 2.40. The first kappa shape index (κ1) is 17.5. The zero-order chi connectivity index (χ0) is 17.4. The van der Waals surface area contributed by atoms with Crippen molar-refractivity contribution in [2.45, 2.75) is 0 Å². The van der Waals surface area contributed by atoms with Crippen LogP contribution in [-0.4, -0.2) is 38.8 Å². The minimum absolute atomic E-state index is 0.185. The van der Waals surface area contributed by atoms with E-state index >= 15 is 0 Å². The van der Waals surface area contributed by atoms with Gasteiger partial charge in [-0.05, 0) is 35.5 Å². The summed E-state index contributed by atoms with van der Waals surface area (Å²) in [5.41, 5.74) is 4.99. The molecule has 1 aromatic carbocycles. The van der Waals surface area contributed by atoms with Gasteiger partial charge in [0.15, 0.2) is 5.84 Å². The molecule has 0 radical (unpaired) electrons. The first-order chi connectivity index (χ1) is 11.7. The van der Waals surface area contributed by atoms with Crippen molar-refractivity contribution >= 4 is 17.2 Å². The van der Waals surface area contributed by atoms with E-state index in [9.17, 15) is 4.91 Å². The lowest BCUT2D eigenvalue weighted by Gasteiger charge is -2.25. The number of aliphatic imine (C=N–C) groups is 1. The number of pyridine rings is 1. The SMILES string of the molecule is CNN(/C(=N\COC)c1ccc(N=O)cc1)c1ccc(OC)nc1. The second kappa shape index (κ2) is 8.70. The van der Waals surface area contributed by atoms with Crippen molar-refractivity contribution < 1.29 is 9.47 Å². The minimum atomic E-state index is 0.185. The van der Waals surface area contributed by atoms with Gasteiger partial charge in [0, 0.05) is 25.8 Å². The van der Waals surface area contributed by atoms with Crippen LogP contribution >= 0.6 is 0 Å². The Hall–Kier alpha value is -2.84. The van der Waals surface area contributed by atoms with Crippen LogP contribution in [0.25, 0.3) is 0 Å². The van der Waals surface area contributed by atoms with E-state index in [-0.39, 0.29) is 6.73 Å². The van der Waals surface area contributed by atoms with Crippen LogP contribution in [0.1, 0.15) is 5.56 Å². The van der Waals surface area contributed by atoms with Crippen molar-refractivity contribution in [3.63, 3.8) is 0 Å². The molecule has 0 saturated carbocycles. The van der Waals surface area contributed by atoms with E-state index in [1.54, 1.807) is 62.8 Å². The average molecular weight is 329 g/mol. The number of hydrogen-bond acceptors (Lipinski definition) is 7. The van der Waals surface area contributed by atoms with Crippen molar-refractivity contribution in [3.8, 4) is 5.88 Å². The number of benzene rings is 1. The monoisotopic (exact) mass is 329 g/mol. The van der Waals surface area contributed by atoms with E-state index in [0.29, 0.717) is 17.4 Å². The third kappa shape index (κ3) is 4.12. The number of anilines is 1. The maximum absolute atomic E-state index is 10.6. The molecule has 1 N–H and O–H groups in total. The third-order valence-corrected chi connectivity index (χ3v) is 3.20. The summed E-state index contributed by atoms with van der Waals surface area (Å²) < 4.78 is 10.1. The number of aromatic nitrogens is 1. The van der Waals surface area contributed by atoms with Crippen LogP contribution in [0, 0.1) is 4.91 Å². The van der Waals surface area contributed by atoms with Gasteiger partial charge in [0.25, 0.3) is 0 Å². The second-order valence-corrected chi connectivity index (χ2v) is 4.66. The molecule has 0 unspecified atom stereocenters. The van der Waals surface area contributed by atoms with E-state index in [1.807, 2.05) is 6.07 Å². The van der Waals surface area contributed by atoms with E-state index in [4.69, 9.17) is 9.47 Å². The second-order valence-electron chi connectivity index (χ2n) is 4.66. The molecular weight excluding hydrogens is 310 g/mol. The van der Waals surface area contributed by atoms with Gasteiger partial charge in [-0.25, -0.2) is 15.4 Å². The molecule has 0 atom stereocenters. The van der Waals surface area contributed by atoms with E-state index in [0.717, 1.165) is 11.3 Å². The number of ether oxygens (including phenoxy) is 2. The Morgan fingerprint density at radius 2 is 1.96 bits per heavy atom. The summed E-state index contributed by atoms with van der Waals surface area (Å²) in [6.45, 7) is 0.185. The largest absolute Gasteiger partial charge is 0.481 e. The zero-order valence-corrected chi connectivity index (χ0v) is 13.8. The van der Waals surface area contributed by atoms with Crippen molar-refractivity contribution in [2.75, 3.05) is 33.0 Å². The smallest absolute Gasteiger partial charge is 0.213 e. The molecule has 2 aromatic rings. The third-order valence-electron chi connectivity index (χ3n) is 3.20. The number of nitrogens with zero attached hydrogens (tertiary/aromatic N) is 4. The van der Waals surface area contributed by atoms with Gasteiger partial charge in [0.2, 0.25) is 5.88 Å². The van der Waals surface area contributed by atoms with Crippen molar-refractivity contribution in [1.29, 1.82) is 0 Å². The molecule has 1 aromatic heterocycles. The van der Waals surface area contributed by atoms with Crippen LogP contribution in [0.15, 0.2) is 52.8 Å². The van der Waals surface area contributed by atoms with Crippen LogP contribution < -0.4 is 15.2 Å². The van der Waals surface area contributed by atoms with Crippen LogP contribution in [0.5, 0.6) is 5.88 Å². The van der Waals surface area contributed by atoms with E-state index in [2.05, 4.69) is 20.6 Å². The predicted octanol–water partition coefficient (Wildman–Crippen LogP) is 2.48. The molecule has 8 nitrogen and oxygen atoms in total. The maximum Gasteiger partial charge on any atom is 0.213 e. The molecule has 24 heavy (non-hydrogen) atoms. The molecule has 0 amide bonds. The molecule has 0 aliphatic rings. The Morgan fingerprint density at radius 1 is 1.21 bits per heavy atom. The Bertz CT molecular complexity index is 686. The zero-order valence-electron chi connectivity index (χ0n) is 13.8. The first-order valence-corrected chi connectivity index (χ1v) is 7.18. The molecule has 1 heterocycles. The van der Waals surface area contributed by atoms with Crippen molar-refractivity contribution in [2.24, 2.45) is 10.2 Å². The van der Waals surface area contributed by atoms with Crippen LogP contribution in [0.3, 0.4) is 0 Å². The number of nitroso groups, excluding NO2 is 1. The number of amidine groups is 1. The number of rotatable bonds is 7. The quantitative estimate of drug-likeness (QED) is 0.363. The van der Waals surface area contributed by atoms with Crippen LogP contribution in [0.4, 0.5) is 11.4 Å². The lowest BCUT2D eigenvalue weighted by molar-refractivity contribution is 0.209. The highest BCUT2D eigenvalue weighted by Gasteiger charge is 2.15. The number of hydrogen-bond donors (Lipinski definition) is 1. The summed E-state index contributed by atoms with van der Waals surface area (Å²) in [6.07, 6.45) is 1.67. The fourth-order valence-corrected chi connectivity index (χ4v) is 2.07. The molecule has 8 heteroatoms. The average Bonchev–Trinajstić information content (AvgIpc) is 2.65. The molecule has 0 aliphatic heterocycles. The normalized spacial score (nSPS) is 11.2. The summed E-state index contributed by atoms with van der Waals surface area (Å²) >= 11 is 0. The van der Waals surface area contributed by atoms with E-state index < -0.39 is 0 Å². The van der Waals surface area contributed by atoms with Crippen molar-refractivity contribution in [1.82, 2.24) is 10.4 Å². The number of nitrogens with one attached hydrogen (secondary N) is 1. The van der Waals surface area contributed by atoms with Gasteiger partial charge in [0.05, 0.1) is 19.0 Å². The molecule has 0 saturated heterocycles. The van der Waals surface area contributed by atoms with Gasteiger partial charge in [-0.2, -0.15) is 0 Å². The summed E-state index contributed by atoms with van der Waals surface area (Å²) in [7, 11) is 4.90. The standard InChI is InChI=1S/C16H19N5O3/c1-17-21(14-8-9-15(24-3)18-10-14)16(19-11-23-2)12-4-6-13(20-22)7-5-12/h4-10,17H,11H2,1-3H3/b19-16-.